The number of aromatic nitrogens is 2. The first kappa shape index (κ1) is 18.5. The van der Waals surface area contributed by atoms with E-state index in [1.807, 2.05) is 12.3 Å². The molecule has 1 unspecified atom stereocenters. The SMILES string of the molecule is COC1(c2cc(C)cc(N3CC4(CC4)c4cnc(NC(C)=O)cc43)n2)CCOC1. The smallest absolute Gasteiger partial charge is 0.222 e. The van der Waals surface area contributed by atoms with Gasteiger partial charge in [-0.25, -0.2) is 9.97 Å². The van der Waals surface area contributed by atoms with Gasteiger partial charge in [-0.15, -0.1) is 0 Å². The van der Waals surface area contributed by atoms with Crippen molar-refractivity contribution < 1.29 is 14.3 Å². The topological polar surface area (TPSA) is 76.6 Å². The molecule has 1 aliphatic carbocycles. The van der Waals surface area contributed by atoms with E-state index in [1.165, 1.54) is 12.5 Å². The van der Waals surface area contributed by atoms with Crippen LogP contribution in [0.2, 0.25) is 0 Å². The summed E-state index contributed by atoms with van der Waals surface area (Å²) in [6, 6.07) is 6.19. The van der Waals surface area contributed by atoms with Crippen molar-refractivity contribution in [2.24, 2.45) is 0 Å². The number of methoxy groups -OCH3 is 1. The van der Waals surface area contributed by atoms with Crippen molar-refractivity contribution in [3.05, 3.63) is 41.2 Å². The molecule has 3 aliphatic rings. The van der Waals surface area contributed by atoms with Crippen LogP contribution in [0.25, 0.3) is 0 Å². The molecule has 4 heterocycles. The molecule has 2 aromatic rings. The summed E-state index contributed by atoms with van der Waals surface area (Å²) in [6.07, 6.45) is 5.04. The molecule has 1 amide bonds. The predicted octanol–water partition coefficient (Wildman–Crippen LogP) is 3.19. The van der Waals surface area contributed by atoms with Crippen LogP contribution in [-0.2, 0) is 25.3 Å². The van der Waals surface area contributed by atoms with Gasteiger partial charge in [0.1, 0.15) is 17.2 Å². The number of hydrogen-bond acceptors (Lipinski definition) is 6. The van der Waals surface area contributed by atoms with E-state index in [1.54, 1.807) is 7.11 Å². The molecule has 2 fully saturated rings. The Morgan fingerprint density at radius 2 is 2.10 bits per heavy atom. The molecule has 0 aromatic carbocycles. The molecule has 1 atom stereocenters. The number of nitrogens with zero attached hydrogens (tertiary/aromatic N) is 3. The van der Waals surface area contributed by atoms with Crippen LogP contribution in [0.4, 0.5) is 17.3 Å². The van der Waals surface area contributed by atoms with Gasteiger partial charge in [0, 0.05) is 56.8 Å². The van der Waals surface area contributed by atoms with E-state index in [0.717, 1.165) is 48.6 Å². The van der Waals surface area contributed by atoms with E-state index >= 15 is 0 Å². The molecule has 1 N–H and O–H groups in total. The molecular weight excluding hydrogens is 368 g/mol. The first-order chi connectivity index (χ1) is 13.9. The van der Waals surface area contributed by atoms with Crippen molar-refractivity contribution in [2.45, 2.75) is 44.1 Å². The van der Waals surface area contributed by atoms with E-state index in [-0.39, 0.29) is 11.3 Å². The van der Waals surface area contributed by atoms with Crippen LogP contribution in [0.3, 0.4) is 0 Å². The number of aryl methyl sites for hydroxylation is 1. The number of fused-ring (bicyclic) bond motifs is 2. The average molecular weight is 394 g/mol. The van der Waals surface area contributed by atoms with Gasteiger partial charge in [0.25, 0.3) is 0 Å². The molecule has 5 rings (SSSR count). The van der Waals surface area contributed by atoms with Crippen molar-refractivity contribution in [1.82, 2.24) is 9.97 Å². The Morgan fingerprint density at radius 1 is 1.28 bits per heavy atom. The van der Waals surface area contributed by atoms with Gasteiger partial charge >= 0.3 is 0 Å². The highest BCUT2D eigenvalue weighted by atomic mass is 16.5. The van der Waals surface area contributed by atoms with Crippen molar-refractivity contribution in [2.75, 3.05) is 37.1 Å². The fourth-order valence-electron chi connectivity index (χ4n) is 4.62. The first-order valence-electron chi connectivity index (χ1n) is 10.1. The number of pyridine rings is 2. The Bertz CT molecular complexity index is 980. The molecule has 7 nitrogen and oxygen atoms in total. The second-order valence-corrected chi connectivity index (χ2v) is 8.52. The second kappa shape index (κ2) is 6.50. The maximum Gasteiger partial charge on any atom is 0.222 e. The molecule has 1 spiro atoms. The van der Waals surface area contributed by atoms with Gasteiger partial charge in [-0.1, -0.05) is 0 Å². The molecule has 0 radical (unpaired) electrons. The normalized spacial score (nSPS) is 24.0. The van der Waals surface area contributed by atoms with Crippen LogP contribution in [0.15, 0.2) is 24.4 Å². The van der Waals surface area contributed by atoms with E-state index in [4.69, 9.17) is 14.5 Å². The summed E-state index contributed by atoms with van der Waals surface area (Å²) in [5.41, 5.74) is 4.07. The van der Waals surface area contributed by atoms with Crippen molar-refractivity contribution in [3.63, 3.8) is 0 Å². The number of amides is 1. The number of rotatable bonds is 4. The van der Waals surface area contributed by atoms with Gasteiger partial charge in [-0.2, -0.15) is 0 Å². The summed E-state index contributed by atoms with van der Waals surface area (Å²) in [6.45, 7) is 5.68. The highest BCUT2D eigenvalue weighted by Crippen LogP contribution is 2.58. The largest absolute Gasteiger partial charge is 0.378 e. The number of hydrogen-bond donors (Lipinski definition) is 1. The lowest BCUT2D eigenvalue weighted by molar-refractivity contribution is -0.114. The molecular formula is C22H26N4O3. The van der Waals surface area contributed by atoms with Crippen LogP contribution in [0.1, 0.15) is 43.0 Å². The van der Waals surface area contributed by atoms with Crippen LogP contribution in [-0.4, -0.2) is 42.7 Å². The van der Waals surface area contributed by atoms with Crippen LogP contribution < -0.4 is 10.2 Å². The van der Waals surface area contributed by atoms with Crippen molar-refractivity contribution >= 4 is 23.2 Å². The Morgan fingerprint density at radius 3 is 2.76 bits per heavy atom. The van der Waals surface area contributed by atoms with Gasteiger partial charge in [-0.05, 0) is 37.5 Å². The molecule has 1 saturated heterocycles. The van der Waals surface area contributed by atoms with Crippen LogP contribution in [0.5, 0.6) is 0 Å². The lowest BCUT2D eigenvalue weighted by Crippen LogP contribution is -2.31. The maximum atomic E-state index is 11.5. The number of nitrogens with one attached hydrogen (secondary N) is 1. The average Bonchev–Trinajstić information content (AvgIpc) is 3.17. The number of carbonyl (C=O) groups excluding carboxylic acids is 1. The summed E-state index contributed by atoms with van der Waals surface area (Å²) >= 11 is 0. The fraction of sp³-hybridized carbons (Fsp3) is 0.500. The molecule has 7 heteroatoms. The third-order valence-electron chi connectivity index (χ3n) is 6.44. The number of anilines is 3. The molecule has 152 valence electrons. The summed E-state index contributed by atoms with van der Waals surface area (Å²) in [5.74, 6) is 1.36. The first-order valence-corrected chi connectivity index (χ1v) is 10.1. The molecule has 29 heavy (non-hydrogen) atoms. The van der Waals surface area contributed by atoms with E-state index in [0.29, 0.717) is 19.0 Å². The van der Waals surface area contributed by atoms with Gasteiger partial charge < -0.3 is 19.7 Å². The lowest BCUT2D eigenvalue weighted by atomic mass is 9.96. The van der Waals surface area contributed by atoms with Gasteiger partial charge in [0.15, 0.2) is 0 Å². The monoisotopic (exact) mass is 394 g/mol. The zero-order chi connectivity index (χ0) is 20.2. The van der Waals surface area contributed by atoms with Crippen LogP contribution in [0, 0.1) is 6.92 Å². The Hall–Kier alpha value is -2.51. The zero-order valence-electron chi connectivity index (χ0n) is 17.1. The van der Waals surface area contributed by atoms with E-state index in [2.05, 4.69) is 34.3 Å². The Balaban J connectivity index is 1.58. The fourth-order valence-corrected chi connectivity index (χ4v) is 4.62. The quantitative estimate of drug-likeness (QED) is 0.858. The molecule has 0 bridgehead atoms. The number of ether oxygens (including phenoxy) is 2. The highest BCUT2D eigenvalue weighted by Gasteiger charge is 2.53. The highest BCUT2D eigenvalue weighted by molar-refractivity contribution is 5.89. The van der Waals surface area contributed by atoms with Gasteiger partial charge in [0.05, 0.1) is 18.0 Å². The van der Waals surface area contributed by atoms with E-state index < -0.39 is 5.60 Å². The van der Waals surface area contributed by atoms with Gasteiger partial charge in [0.2, 0.25) is 5.91 Å². The van der Waals surface area contributed by atoms with Crippen molar-refractivity contribution in [3.8, 4) is 0 Å². The lowest BCUT2D eigenvalue weighted by Gasteiger charge is -2.28. The third-order valence-corrected chi connectivity index (χ3v) is 6.44. The summed E-state index contributed by atoms with van der Waals surface area (Å²) < 4.78 is 11.5. The zero-order valence-corrected chi connectivity index (χ0v) is 17.1. The van der Waals surface area contributed by atoms with Crippen LogP contribution >= 0.6 is 0 Å². The van der Waals surface area contributed by atoms with E-state index in [9.17, 15) is 4.79 Å². The minimum atomic E-state index is -0.486. The third kappa shape index (κ3) is 3.00. The minimum Gasteiger partial charge on any atom is -0.378 e. The van der Waals surface area contributed by atoms with Gasteiger partial charge in [-0.3, -0.25) is 4.79 Å². The summed E-state index contributed by atoms with van der Waals surface area (Å²) in [7, 11) is 1.73. The summed E-state index contributed by atoms with van der Waals surface area (Å²) in [5, 5.41) is 2.80. The maximum absolute atomic E-state index is 11.5. The Kier molecular flexibility index (Phi) is 4.15. The minimum absolute atomic E-state index is 0.123. The number of carbonyl (C=O) groups is 1. The standard InChI is InChI=1S/C22H26N4O3/c1-14-8-18(22(28-3)6-7-29-13-22)25-20(9-14)26-12-21(4-5-21)16-11-23-19(10-17(16)26)24-15(2)27/h8-11H,4-7,12-13H2,1-3H3,(H,23,24,27). The molecule has 2 aromatic heterocycles. The van der Waals surface area contributed by atoms with Crippen molar-refractivity contribution in [1.29, 1.82) is 0 Å². The molecule has 2 aliphatic heterocycles. The molecule has 1 saturated carbocycles. The Labute approximate surface area is 170 Å². The predicted molar refractivity (Wildman–Crippen MR) is 110 cm³/mol. The summed E-state index contributed by atoms with van der Waals surface area (Å²) in [4.78, 5) is 23.3. The second-order valence-electron chi connectivity index (χ2n) is 8.52.